The molecule has 0 amide bonds. The van der Waals surface area contributed by atoms with Crippen LogP contribution in [0, 0.1) is 0 Å². The third-order valence-electron chi connectivity index (χ3n) is 13.1. The fraction of sp³-hybridized carbons (Fsp3) is 0.103. The minimum absolute atomic E-state index is 0.579. The fourth-order valence-electron chi connectivity index (χ4n) is 10.1. The molecule has 292 valence electrons. The molecule has 0 atom stereocenters. The maximum absolute atomic E-state index is 6.22. The van der Waals surface area contributed by atoms with E-state index in [0.29, 0.717) is 5.92 Å². The van der Waals surface area contributed by atoms with Crippen LogP contribution >= 0.6 is 0 Å². The molecule has 3 nitrogen and oxygen atoms in total. The maximum atomic E-state index is 6.22. The van der Waals surface area contributed by atoms with E-state index >= 15 is 0 Å². The van der Waals surface area contributed by atoms with Gasteiger partial charge >= 0.3 is 0 Å². The molecule has 12 rings (SSSR count). The highest BCUT2D eigenvalue weighted by Crippen LogP contribution is 2.47. The van der Waals surface area contributed by atoms with Crippen molar-refractivity contribution in [3.05, 3.63) is 200 Å². The summed E-state index contributed by atoms with van der Waals surface area (Å²) in [6.45, 7) is 0. The van der Waals surface area contributed by atoms with Crippen molar-refractivity contribution < 1.29 is 8.83 Å². The second-order valence-electron chi connectivity index (χ2n) is 16.7. The van der Waals surface area contributed by atoms with Crippen molar-refractivity contribution >= 4 is 71.7 Å². The van der Waals surface area contributed by atoms with Crippen LogP contribution in [0.15, 0.2) is 203 Å². The van der Waals surface area contributed by atoms with E-state index in [9.17, 15) is 0 Å². The van der Waals surface area contributed by atoms with Gasteiger partial charge in [0.25, 0.3) is 0 Å². The van der Waals surface area contributed by atoms with Crippen LogP contribution < -0.4 is 4.90 Å². The average molecular weight is 786 g/mol. The molecule has 11 aromatic rings. The lowest BCUT2D eigenvalue weighted by Gasteiger charge is -2.29. The van der Waals surface area contributed by atoms with Crippen molar-refractivity contribution in [2.75, 3.05) is 4.90 Å². The number of hydrogen-bond acceptors (Lipinski definition) is 3. The van der Waals surface area contributed by atoms with Gasteiger partial charge in [0.1, 0.15) is 22.3 Å². The summed E-state index contributed by atoms with van der Waals surface area (Å²) in [5.74, 6) is 0.579. The van der Waals surface area contributed by atoms with Gasteiger partial charge in [-0.2, -0.15) is 0 Å². The zero-order chi connectivity index (χ0) is 40.3. The van der Waals surface area contributed by atoms with Crippen LogP contribution in [0.2, 0.25) is 0 Å². The zero-order valence-corrected chi connectivity index (χ0v) is 33.9. The van der Waals surface area contributed by atoms with Crippen molar-refractivity contribution in [2.45, 2.75) is 38.0 Å². The molecule has 9 aromatic carbocycles. The van der Waals surface area contributed by atoms with Crippen molar-refractivity contribution in [1.29, 1.82) is 0 Å². The molecule has 0 saturated heterocycles. The van der Waals surface area contributed by atoms with Gasteiger partial charge in [-0.25, -0.2) is 0 Å². The van der Waals surface area contributed by atoms with E-state index in [2.05, 4.69) is 175 Å². The molecule has 0 radical (unpaired) electrons. The lowest BCUT2D eigenvalue weighted by atomic mass is 9.80. The van der Waals surface area contributed by atoms with Crippen molar-refractivity contribution in [3.63, 3.8) is 0 Å². The van der Waals surface area contributed by atoms with Crippen LogP contribution in [0.25, 0.3) is 88.0 Å². The minimum Gasteiger partial charge on any atom is -0.456 e. The first-order chi connectivity index (χ1) is 30.2. The smallest absolute Gasteiger partial charge is 0.135 e. The van der Waals surface area contributed by atoms with Gasteiger partial charge in [-0.1, -0.05) is 147 Å². The van der Waals surface area contributed by atoms with Gasteiger partial charge in [0, 0.05) is 38.5 Å². The minimum atomic E-state index is 0.579. The second-order valence-corrected chi connectivity index (χ2v) is 16.7. The normalized spacial score (nSPS) is 13.5. The highest BCUT2D eigenvalue weighted by Gasteiger charge is 2.23. The SMILES string of the molecule is c1cc(-c2ccc3oc4ccccc4c3c2)cc(N(c2ccc(-c3ccc4oc5ccccc5c4c3)cc2)c2ccccc2-c2cccc3cccc(C4CCCCC4)c23)c1. The van der Waals surface area contributed by atoms with Gasteiger partial charge < -0.3 is 13.7 Å². The first kappa shape index (κ1) is 35.6. The summed E-state index contributed by atoms with van der Waals surface area (Å²) >= 11 is 0. The largest absolute Gasteiger partial charge is 0.456 e. The van der Waals surface area contributed by atoms with E-state index < -0.39 is 0 Å². The second kappa shape index (κ2) is 14.7. The molecule has 3 heteroatoms. The van der Waals surface area contributed by atoms with E-state index in [-0.39, 0.29) is 0 Å². The van der Waals surface area contributed by atoms with Crippen molar-refractivity contribution in [2.24, 2.45) is 0 Å². The Morgan fingerprint density at radius 2 is 0.934 bits per heavy atom. The van der Waals surface area contributed by atoms with E-state index in [0.717, 1.165) is 83.2 Å². The van der Waals surface area contributed by atoms with Crippen LogP contribution in [-0.2, 0) is 0 Å². The molecular formula is C58H43NO2. The molecule has 0 aliphatic heterocycles. The lowest BCUT2D eigenvalue weighted by Crippen LogP contribution is -2.11. The Morgan fingerprint density at radius 3 is 1.66 bits per heavy atom. The highest BCUT2D eigenvalue weighted by molar-refractivity contribution is 6.08. The van der Waals surface area contributed by atoms with Crippen molar-refractivity contribution in [3.8, 4) is 33.4 Å². The quantitative estimate of drug-likeness (QED) is 0.161. The summed E-state index contributed by atoms with van der Waals surface area (Å²) in [6.07, 6.45) is 6.45. The topological polar surface area (TPSA) is 29.5 Å². The molecule has 2 heterocycles. The molecule has 1 aliphatic rings. The van der Waals surface area contributed by atoms with Gasteiger partial charge in [-0.3, -0.25) is 0 Å². The standard InChI is InChI=1S/C58H43NO2/c1-2-13-39(14-3-1)46-22-11-15-40-16-12-23-50(58(40)46)47-19-4-7-24-53(47)59(44-31-27-38(28-32-44)42-29-33-56-51(36-42)48-20-5-8-25-54(48)60-56)45-18-10-17-41(35-45)43-30-34-57-52(37-43)49-21-6-9-26-55(49)61-57/h4-12,15-37,39H,1-3,13-14H2. The summed E-state index contributed by atoms with van der Waals surface area (Å²) in [5.41, 5.74) is 15.6. The van der Waals surface area contributed by atoms with E-state index in [4.69, 9.17) is 8.83 Å². The summed E-state index contributed by atoms with van der Waals surface area (Å²) in [6, 6.07) is 70.5. The van der Waals surface area contributed by atoms with E-state index in [1.807, 2.05) is 24.3 Å². The number of nitrogens with zero attached hydrogens (tertiary/aromatic N) is 1. The number of benzene rings is 9. The summed E-state index contributed by atoms with van der Waals surface area (Å²) in [4.78, 5) is 2.45. The summed E-state index contributed by atoms with van der Waals surface area (Å²) in [7, 11) is 0. The van der Waals surface area contributed by atoms with E-state index in [1.165, 1.54) is 59.6 Å². The number of para-hydroxylation sites is 3. The van der Waals surface area contributed by atoms with Crippen LogP contribution in [0.1, 0.15) is 43.6 Å². The Balaban J connectivity index is 1.02. The van der Waals surface area contributed by atoms with Gasteiger partial charge in [-0.05, 0) is 130 Å². The third kappa shape index (κ3) is 6.19. The van der Waals surface area contributed by atoms with Crippen molar-refractivity contribution in [1.82, 2.24) is 0 Å². The molecule has 2 aromatic heterocycles. The molecule has 1 saturated carbocycles. The Morgan fingerprint density at radius 1 is 0.377 bits per heavy atom. The Bertz CT molecular complexity index is 3410. The third-order valence-corrected chi connectivity index (χ3v) is 13.1. The molecule has 0 unspecified atom stereocenters. The first-order valence-electron chi connectivity index (χ1n) is 21.7. The van der Waals surface area contributed by atoms with Crippen LogP contribution in [0.4, 0.5) is 17.1 Å². The monoisotopic (exact) mass is 785 g/mol. The summed E-state index contributed by atoms with van der Waals surface area (Å²) < 4.78 is 12.4. The Labute approximate surface area is 355 Å². The predicted octanol–water partition coefficient (Wildman–Crippen LogP) is 17.2. The molecule has 0 N–H and O–H groups in total. The predicted molar refractivity (Wildman–Crippen MR) is 255 cm³/mol. The fourth-order valence-corrected chi connectivity index (χ4v) is 10.1. The van der Waals surface area contributed by atoms with Gasteiger partial charge in [0.15, 0.2) is 0 Å². The van der Waals surface area contributed by atoms with E-state index in [1.54, 1.807) is 0 Å². The molecule has 0 bridgehead atoms. The number of rotatable bonds is 7. The van der Waals surface area contributed by atoms with Crippen LogP contribution in [-0.4, -0.2) is 0 Å². The average Bonchev–Trinajstić information content (AvgIpc) is 3.90. The number of anilines is 3. The molecular weight excluding hydrogens is 743 g/mol. The number of fused-ring (bicyclic) bond motifs is 7. The molecule has 1 aliphatic carbocycles. The van der Waals surface area contributed by atoms with Gasteiger partial charge in [-0.15, -0.1) is 0 Å². The Hall–Kier alpha value is -7.36. The zero-order valence-electron chi connectivity index (χ0n) is 33.9. The molecule has 0 spiro atoms. The number of furan rings is 2. The lowest BCUT2D eigenvalue weighted by molar-refractivity contribution is 0.445. The molecule has 61 heavy (non-hydrogen) atoms. The number of hydrogen-bond donors (Lipinski definition) is 0. The summed E-state index contributed by atoms with van der Waals surface area (Å²) in [5, 5.41) is 7.22. The highest BCUT2D eigenvalue weighted by atomic mass is 16.3. The van der Waals surface area contributed by atoms with Gasteiger partial charge in [0.05, 0.1) is 5.69 Å². The first-order valence-corrected chi connectivity index (χ1v) is 21.7. The Kier molecular flexibility index (Phi) is 8.59. The van der Waals surface area contributed by atoms with Gasteiger partial charge in [0.2, 0.25) is 0 Å². The van der Waals surface area contributed by atoms with Crippen LogP contribution in [0.3, 0.4) is 0 Å². The van der Waals surface area contributed by atoms with Crippen LogP contribution in [0.5, 0.6) is 0 Å². The molecule has 1 fully saturated rings. The maximum Gasteiger partial charge on any atom is 0.135 e.